The molecular weight excluding hydrogens is 408 g/mol. The minimum Gasteiger partial charge on any atom is -0.491 e. The van der Waals surface area contributed by atoms with Gasteiger partial charge in [0, 0.05) is 12.3 Å². The summed E-state index contributed by atoms with van der Waals surface area (Å²) < 4.78 is 10.9. The summed E-state index contributed by atoms with van der Waals surface area (Å²) in [5, 5.41) is 6.12. The van der Waals surface area contributed by atoms with E-state index in [2.05, 4.69) is 10.6 Å². The molecule has 0 spiro atoms. The van der Waals surface area contributed by atoms with E-state index in [1.165, 1.54) is 0 Å². The van der Waals surface area contributed by atoms with Crippen LogP contribution in [-0.4, -0.2) is 30.8 Å². The number of hydrogen-bond donors (Lipinski definition) is 2. The van der Waals surface area contributed by atoms with Crippen molar-refractivity contribution >= 4 is 28.9 Å². The molecule has 0 saturated heterocycles. The first-order chi connectivity index (χ1) is 15.2. The number of anilines is 1. The second kappa shape index (κ2) is 11.8. The quantitative estimate of drug-likeness (QED) is 0.376. The van der Waals surface area contributed by atoms with Gasteiger partial charge in [-0.25, -0.2) is 0 Å². The van der Waals surface area contributed by atoms with Crippen LogP contribution < -0.4 is 15.4 Å². The van der Waals surface area contributed by atoms with E-state index < -0.39 is 5.92 Å². The van der Waals surface area contributed by atoms with Crippen LogP contribution >= 0.6 is 12.2 Å². The zero-order chi connectivity index (χ0) is 21.9. The number of benzene rings is 3. The molecule has 5 nitrogen and oxygen atoms in total. The topological polar surface area (TPSA) is 59.6 Å². The van der Waals surface area contributed by atoms with Gasteiger partial charge in [-0.15, -0.1) is 0 Å². The highest BCUT2D eigenvalue weighted by Crippen LogP contribution is 2.25. The molecule has 0 unspecified atom stereocenters. The summed E-state index contributed by atoms with van der Waals surface area (Å²) in [5.41, 5.74) is 2.57. The summed E-state index contributed by atoms with van der Waals surface area (Å²) in [7, 11) is 0. The Balaban J connectivity index is 1.61. The Morgan fingerprint density at radius 3 is 2.00 bits per heavy atom. The fraction of sp³-hybridized carbons (Fsp3) is 0.200. The fourth-order valence-corrected chi connectivity index (χ4v) is 3.35. The monoisotopic (exact) mass is 434 g/mol. The zero-order valence-corrected chi connectivity index (χ0v) is 18.2. The molecule has 0 aliphatic heterocycles. The summed E-state index contributed by atoms with van der Waals surface area (Å²) in [4.78, 5) is 13.1. The summed E-state index contributed by atoms with van der Waals surface area (Å²) in [6.45, 7) is 3.67. The molecule has 31 heavy (non-hydrogen) atoms. The van der Waals surface area contributed by atoms with E-state index in [9.17, 15) is 4.79 Å². The van der Waals surface area contributed by atoms with E-state index in [1.54, 1.807) is 0 Å². The lowest BCUT2D eigenvalue weighted by atomic mass is 9.90. The normalized spacial score (nSPS) is 10.5. The molecule has 0 fully saturated rings. The maximum atomic E-state index is 13.1. The average molecular weight is 435 g/mol. The number of rotatable bonds is 9. The minimum absolute atomic E-state index is 0.189. The Bertz CT molecular complexity index is 924. The van der Waals surface area contributed by atoms with Gasteiger partial charge in [0.15, 0.2) is 5.11 Å². The molecule has 3 aromatic rings. The Labute approximate surface area is 188 Å². The first kappa shape index (κ1) is 22.5. The molecule has 3 aromatic carbocycles. The van der Waals surface area contributed by atoms with Gasteiger partial charge >= 0.3 is 0 Å². The third kappa shape index (κ3) is 6.91. The summed E-state index contributed by atoms with van der Waals surface area (Å²) in [5.74, 6) is 0.0995. The Kier molecular flexibility index (Phi) is 8.58. The van der Waals surface area contributed by atoms with Gasteiger partial charge in [0.25, 0.3) is 0 Å². The van der Waals surface area contributed by atoms with Gasteiger partial charge in [-0.2, -0.15) is 0 Å². The number of carbonyl (C=O) groups excluding carboxylic acids is 1. The molecule has 0 aliphatic carbocycles. The van der Waals surface area contributed by atoms with Gasteiger partial charge in [0.05, 0.1) is 12.5 Å². The maximum Gasteiger partial charge on any atom is 0.238 e. The molecule has 160 valence electrons. The lowest BCUT2D eigenvalue weighted by Gasteiger charge is -2.18. The lowest BCUT2D eigenvalue weighted by molar-refractivity contribution is -0.120. The van der Waals surface area contributed by atoms with Gasteiger partial charge < -0.3 is 20.1 Å². The van der Waals surface area contributed by atoms with Gasteiger partial charge in [0.2, 0.25) is 5.91 Å². The maximum absolute atomic E-state index is 13.1. The molecule has 0 saturated carbocycles. The number of nitrogens with one attached hydrogen (secondary N) is 2. The van der Waals surface area contributed by atoms with Crippen LogP contribution in [0.25, 0.3) is 0 Å². The van der Waals surface area contributed by atoms with Crippen molar-refractivity contribution in [2.24, 2.45) is 0 Å². The zero-order valence-electron chi connectivity index (χ0n) is 17.4. The van der Waals surface area contributed by atoms with E-state index in [0.29, 0.717) is 19.8 Å². The van der Waals surface area contributed by atoms with Crippen molar-refractivity contribution < 1.29 is 14.3 Å². The molecule has 1 amide bonds. The highest BCUT2D eigenvalue weighted by atomic mass is 32.1. The number of ether oxygens (including phenoxy) is 2. The van der Waals surface area contributed by atoms with Gasteiger partial charge in [-0.05, 0) is 54.5 Å². The third-order valence-corrected chi connectivity index (χ3v) is 4.78. The van der Waals surface area contributed by atoms with E-state index in [-0.39, 0.29) is 11.0 Å². The van der Waals surface area contributed by atoms with Crippen molar-refractivity contribution in [3.05, 3.63) is 96.1 Å². The average Bonchev–Trinajstić information content (AvgIpc) is 2.79. The van der Waals surface area contributed by atoms with Crippen molar-refractivity contribution in [2.75, 3.05) is 25.1 Å². The molecule has 3 rings (SSSR count). The van der Waals surface area contributed by atoms with Crippen molar-refractivity contribution in [1.29, 1.82) is 0 Å². The summed E-state index contributed by atoms with van der Waals surface area (Å²) >= 11 is 5.37. The standard InChI is InChI=1S/C25H26N2O3S/c1-2-29-17-18-30-22-15-13-21(14-16-22)26-25(31)27-24(28)23(19-9-5-3-6-10-19)20-11-7-4-8-12-20/h3-16,23H,2,17-18H2,1H3,(H2,26,27,28,31). The van der Waals surface area contributed by atoms with E-state index in [1.807, 2.05) is 91.9 Å². The number of hydrogen-bond acceptors (Lipinski definition) is 4. The Hall–Kier alpha value is -3.22. The summed E-state index contributed by atoms with van der Waals surface area (Å²) in [6, 6.07) is 26.7. The van der Waals surface area contributed by atoms with Crippen molar-refractivity contribution in [1.82, 2.24) is 5.32 Å². The third-order valence-electron chi connectivity index (χ3n) is 4.58. The van der Waals surface area contributed by atoms with E-state index in [0.717, 1.165) is 22.6 Å². The second-order valence-electron chi connectivity index (χ2n) is 6.77. The lowest BCUT2D eigenvalue weighted by Crippen LogP contribution is -2.37. The Morgan fingerprint density at radius 1 is 0.871 bits per heavy atom. The van der Waals surface area contributed by atoms with Crippen LogP contribution in [0.1, 0.15) is 24.0 Å². The van der Waals surface area contributed by atoms with E-state index >= 15 is 0 Å². The number of carbonyl (C=O) groups is 1. The molecule has 0 aliphatic rings. The Morgan fingerprint density at radius 2 is 1.45 bits per heavy atom. The molecule has 0 aromatic heterocycles. The molecule has 0 heterocycles. The SMILES string of the molecule is CCOCCOc1ccc(NC(=S)NC(=O)C(c2ccccc2)c2ccccc2)cc1. The predicted molar refractivity (Wildman–Crippen MR) is 128 cm³/mol. The van der Waals surface area contributed by atoms with Crippen molar-refractivity contribution in [3.8, 4) is 5.75 Å². The van der Waals surface area contributed by atoms with Crippen LogP contribution in [0.15, 0.2) is 84.9 Å². The van der Waals surface area contributed by atoms with Crippen LogP contribution in [0.3, 0.4) is 0 Å². The van der Waals surface area contributed by atoms with Crippen LogP contribution in [-0.2, 0) is 9.53 Å². The molecule has 0 bridgehead atoms. The highest BCUT2D eigenvalue weighted by Gasteiger charge is 2.23. The van der Waals surface area contributed by atoms with Crippen LogP contribution in [0, 0.1) is 0 Å². The van der Waals surface area contributed by atoms with Gasteiger partial charge in [0.1, 0.15) is 12.4 Å². The number of thiocarbonyl (C=S) groups is 1. The largest absolute Gasteiger partial charge is 0.491 e. The first-order valence-corrected chi connectivity index (χ1v) is 10.6. The molecule has 6 heteroatoms. The second-order valence-corrected chi connectivity index (χ2v) is 7.18. The van der Waals surface area contributed by atoms with Gasteiger partial charge in [-0.1, -0.05) is 60.7 Å². The minimum atomic E-state index is -0.455. The van der Waals surface area contributed by atoms with Crippen molar-refractivity contribution in [2.45, 2.75) is 12.8 Å². The predicted octanol–water partition coefficient (Wildman–Crippen LogP) is 4.75. The summed E-state index contributed by atoms with van der Waals surface area (Å²) in [6.07, 6.45) is 0. The fourth-order valence-electron chi connectivity index (χ4n) is 3.13. The number of amides is 1. The molecular formula is C25H26N2O3S. The van der Waals surface area contributed by atoms with Crippen molar-refractivity contribution in [3.63, 3.8) is 0 Å². The van der Waals surface area contributed by atoms with Gasteiger partial charge in [-0.3, -0.25) is 4.79 Å². The van der Waals surface area contributed by atoms with Crippen LogP contribution in [0.2, 0.25) is 0 Å². The molecule has 0 radical (unpaired) electrons. The highest BCUT2D eigenvalue weighted by molar-refractivity contribution is 7.80. The molecule has 2 N–H and O–H groups in total. The van der Waals surface area contributed by atoms with E-state index in [4.69, 9.17) is 21.7 Å². The first-order valence-electron chi connectivity index (χ1n) is 10.2. The van der Waals surface area contributed by atoms with Crippen LogP contribution in [0.5, 0.6) is 5.75 Å². The molecule has 0 atom stereocenters. The smallest absolute Gasteiger partial charge is 0.238 e. The van der Waals surface area contributed by atoms with Crippen LogP contribution in [0.4, 0.5) is 5.69 Å².